The number of ether oxygens (including phenoxy) is 1. The highest BCUT2D eigenvalue weighted by molar-refractivity contribution is 7.11. The van der Waals surface area contributed by atoms with Crippen molar-refractivity contribution in [3.63, 3.8) is 0 Å². The van der Waals surface area contributed by atoms with Gasteiger partial charge >= 0.3 is 0 Å². The van der Waals surface area contributed by atoms with Crippen LogP contribution in [0.25, 0.3) is 0 Å². The van der Waals surface area contributed by atoms with E-state index in [1.54, 1.807) is 0 Å². The lowest BCUT2D eigenvalue weighted by atomic mass is 9.90. The van der Waals surface area contributed by atoms with Crippen LogP contribution in [0.2, 0.25) is 0 Å². The van der Waals surface area contributed by atoms with Crippen LogP contribution in [0, 0.1) is 0 Å². The van der Waals surface area contributed by atoms with Gasteiger partial charge in [-0.3, -0.25) is 0 Å². The third-order valence-electron chi connectivity index (χ3n) is 4.09. The van der Waals surface area contributed by atoms with E-state index in [-0.39, 0.29) is 0 Å². The van der Waals surface area contributed by atoms with Crippen molar-refractivity contribution in [2.45, 2.75) is 64.2 Å². The van der Waals surface area contributed by atoms with Crippen molar-refractivity contribution in [3.8, 4) is 0 Å². The third-order valence-corrected chi connectivity index (χ3v) is 5.32. The molecule has 2 bridgehead atoms. The number of nitrogens with one attached hydrogen (secondary N) is 1. The Morgan fingerprint density at radius 2 is 2.28 bits per heavy atom. The summed E-state index contributed by atoms with van der Waals surface area (Å²) in [5.41, 5.74) is 1.29. The first-order chi connectivity index (χ1) is 8.81. The van der Waals surface area contributed by atoms with E-state index in [1.165, 1.54) is 34.8 Å². The summed E-state index contributed by atoms with van der Waals surface area (Å²) in [6, 6.07) is 0. The van der Waals surface area contributed by atoms with Crippen LogP contribution in [0.1, 0.15) is 54.6 Å². The molecule has 2 fully saturated rings. The highest BCUT2D eigenvalue weighted by Crippen LogP contribution is 2.45. The van der Waals surface area contributed by atoms with Gasteiger partial charge in [-0.2, -0.15) is 0 Å². The van der Waals surface area contributed by atoms with Crippen molar-refractivity contribution in [2.24, 2.45) is 0 Å². The molecule has 1 N–H and O–H groups in total. The molecular weight excluding hydrogens is 244 g/mol. The average molecular weight is 266 g/mol. The van der Waals surface area contributed by atoms with Gasteiger partial charge in [-0.05, 0) is 32.2 Å². The molecule has 0 aromatic carbocycles. The van der Waals surface area contributed by atoms with E-state index in [2.05, 4.69) is 19.2 Å². The largest absolute Gasteiger partial charge is 0.374 e. The van der Waals surface area contributed by atoms with Gasteiger partial charge in [0.05, 0.1) is 22.9 Å². The van der Waals surface area contributed by atoms with Crippen molar-refractivity contribution in [1.82, 2.24) is 10.3 Å². The summed E-state index contributed by atoms with van der Waals surface area (Å²) in [5.74, 6) is 0.578. The second kappa shape index (κ2) is 5.27. The summed E-state index contributed by atoms with van der Waals surface area (Å²) >= 11 is 1.91. The molecule has 1 aromatic rings. The van der Waals surface area contributed by atoms with Gasteiger partial charge in [-0.15, -0.1) is 11.3 Å². The average Bonchev–Trinajstić information content (AvgIpc) is 3.09. The highest BCUT2D eigenvalue weighted by atomic mass is 32.1. The standard InChI is InChI=1S/C14H22N2OS/c1-3-11-13(8-15-4-2)18-14(16-11)10-7-9-5-6-12(10)17-9/h9-10,12,15H,3-8H2,1-2H3. The molecule has 2 aliphatic heterocycles. The minimum atomic E-state index is 0.456. The second-order valence-corrected chi connectivity index (χ2v) is 6.39. The van der Waals surface area contributed by atoms with Gasteiger partial charge in [0.25, 0.3) is 0 Å². The molecule has 1 aromatic heterocycles. The molecule has 3 nitrogen and oxygen atoms in total. The van der Waals surface area contributed by atoms with Crippen LogP contribution < -0.4 is 5.32 Å². The summed E-state index contributed by atoms with van der Waals surface area (Å²) < 4.78 is 5.95. The summed E-state index contributed by atoms with van der Waals surface area (Å²) in [5, 5.41) is 4.74. The Hall–Kier alpha value is -0.450. The quantitative estimate of drug-likeness (QED) is 0.890. The van der Waals surface area contributed by atoms with E-state index in [0.717, 1.165) is 19.5 Å². The van der Waals surface area contributed by atoms with Gasteiger partial charge in [0.2, 0.25) is 0 Å². The van der Waals surface area contributed by atoms with Crippen LogP contribution in [0.3, 0.4) is 0 Å². The molecule has 3 atom stereocenters. The Bertz CT molecular complexity index is 418. The predicted octanol–water partition coefficient (Wildman–Crippen LogP) is 2.85. The molecule has 0 radical (unpaired) electrons. The highest BCUT2D eigenvalue weighted by Gasteiger charge is 2.43. The number of hydrogen-bond acceptors (Lipinski definition) is 4. The van der Waals surface area contributed by atoms with Crippen LogP contribution in [0.5, 0.6) is 0 Å². The molecule has 0 aliphatic carbocycles. The molecule has 3 heterocycles. The first-order valence-electron chi connectivity index (χ1n) is 7.16. The second-order valence-electron chi connectivity index (χ2n) is 5.27. The van der Waals surface area contributed by atoms with Crippen LogP contribution >= 0.6 is 11.3 Å². The third kappa shape index (κ3) is 2.22. The fourth-order valence-corrected chi connectivity index (χ4v) is 4.40. The number of thiazole rings is 1. The molecule has 0 amide bonds. The summed E-state index contributed by atoms with van der Waals surface area (Å²) in [6.45, 7) is 6.34. The first-order valence-corrected chi connectivity index (χ1v) is 7.98. The zero-order valence-corrected chi connectivity index (χ0v) is 12.1. The van der Waals surface area contributed by atoms with Crippen LogP contribution in [-0.4, -0.2) is 23.7 Å². The lowest BCUT2D eigenvalue weighted by molar-refractivity contribution is 0.100. The minimum Gasteiger partial charge on any atom is -0.374 e. The van der Waals surface area contributed by atoms with Crippen LogP contribution in [-0.2, 0) is 17.7 Å². The number of nitrogens with zero attached hydrogens (tertiary/aromatic N) is 1. The lowest BCUT2D eigenvalue weighted by Crippen LogP contribution is -2.14. The molecule has 3 unspecified atom stereocenters. The van der Waals surface area contributed by atoms with Gasteiger partial charge in [0.15, 0.2) is 0 Å². The molecule has 0 spiro atoms. The lowest BCUT2D eigenvalue weighted by Gasteiger charge is -2.15. The zero-order chi connectivity index (χ0) is 12.5. The minimum absolute atomic E-state index is 0.456. The van der Waals surface area contributed by atoms with E-state index in [1.807, 2.05) is 11.3 Å². The predicted molar refractivity (Wildman–Crippen MR) is 74.1 cm³/mol. The number of aromatic nitrogens is 1. The van der Waals surface area contributed by atoms with E-state index < -0.39 is 0 Å². The van der Waals surface area contributed by atoms with Gasteiger partial charge in [-0.1, -0.05) is 13.8 Å². The van der Waals surface area contributed by atoms with Crippen molar-refractivity contribution < 1.29 is 4.74 Å². The molecule has 2 saturated heterocycles. The van der Waals surface area contributed by atoms with E-state index in [0.29, 0.717) is 18.1 Å². The monoisotopic (exact) mass is 266 g/mol. The van der Waals surface area contributed by atoms with Gasteiger partial charge in [-0.25, -0.2) is 4.98 Å². The van der Waals surface area contributed by atoms with Crippen molar-refractivity contribution in [1.29, 1.82) is 0 Å². The van der Waals surface area contributed by atoms with E-state index in [9.17, 15) is 0 Å². The molecule has 3 rings (SSSR count). The molecule has 0 saturated carbocycles. The van der Waals surface area contributed by atoms with Gasteiger partial charge in [0, 0.05) is 17.3 Å². The number of fused-ring (bicyclic) bond motifs is 2. The zero-order valence-electron chi connectivity index (χ0n) is 11.2. The van der Waals surface area contributed by atoms with E-state index in [4.69, 9.17) is 9.72 Å². The number of hydrogen-bond donors (Lipinski definition) is 1. The molecule has 18 heavy (non-hydrogen) atoms. The van der Waals surface area contributed by atoms with Crippen molar-refractivity contribution >= 4 is 11.3 Å². The fraction of sp³-hybridized carbons (Fsp3) is 0.786. The Kier molecular flexibility index (Phi) is 3.68. The van der Waals surface area contributed by atoms with E-state index >= 15 is 0 Å². The maximum Gasteiger partial charge on any atom is 0.0989 e. The molecule has 2 aliphatic rings. The Morgan fingerprint density at radius 3 is 2.89 bits per heavy atom. The smallest absolute Gasteiger partial charge is 0.0989 e. The molecular formula is C14H22N2OS. The van der Waals surface area contributed by atoms with Gasteiger partial charge in [0.1, 0.15) is 0 Å². The topological polar surface area (TPSA) is 34.1 Å². The molecule has 100 valence electrons. The van der Waals surface area contributed by atoms with Crippen LogP contribution in [0.4, 0.5) is 0 Å². The fourth-order valence-electron chi connectivity index (χ4n) is 3.11. The SMILES string of the molecule is CCNCc1sc(C2CC3CCC2O3)nc1CC. The molecule has 4 heteroatoms. The maximum absolute atomic E-state index is 5.95. The summed E-state index contributed by atoms with van der Waals surface area (Å²) in [6.07, 6.45) is 5.71. The summed E-state index contributed by atoms with van der Waals surface area (Å²) in [4.78, 5) is 6.31. The van der Waals surface area contributed by atoms with Crippen LogP contribution in [0.15, 0.2) is 0 Å². The first kappa shape index (κ1) is 12.6. The maximum atomic E-state index is 5.95. The Morgan fingerprint density at radius 1 is 1.39 bits per heavy atom. The number of rotatable bonds is 5. The summed E-state index contributed by atoms with van der Waals surface area (Å²) in [7, 11) is 0. The number of aryl methyl sites for hydroxylation is 1. The van der Waals surface area contributed by atoms with Crippen molar-refractivity contribution in [2.75, 3.05) is 6.54 Å². The van der Waals surface area contributed by atoms with Gasteiger partial charge < -0.3 is 10.1 Å². The Labute approximate surface area is 113 Å². The normalized spacial score (nSPS) is 30.2. The Balaban J connectivity index is 1.78. The van der Waals surface area contributed by atoms with Crippen molar-refractivity contribution in [3.05, 3.63) is 15.6 Å².